The zero-order valence-electron chi connectivity index (χ0n) is 11.9. The summed E-state index contributed by atoms with van der Waals surface area (Å²) in [5.74, 6) is 0.666. The van der Waals surface area contributed by atoms with Crippen LogP contribution in [0.5, 0.6) is 0 Å². The van der Waals surface area contributed by atoms with Gasteiger partial charge in [-0.05, 0) is 44.9 Å². The molecule has 0 spiro atoms. The van der Waals surface area contributed by atoms with Gasteiger partial charge in [0.15, 0.2) is 0 Å². The maximum absolute atomic E-state index is 13.7. The lowest BCUT2D eigenvalue weighted by molar-refractivity contribution is 0.599. The first-order valence-electron chi connectivity index (χ1n) is 6.58. The van der Waals surface area contributed by atoms with Crippen LogP contribution in [0.4, 0.5) is 10.3 Å². The average Bonchev–Trinajstić information content (AvgIpc) is 2.73. The standard InChI is InChI=1S/C15H20FN3/c1-5-17-15-18-11(3)9-19(15)12(4)13-7-6-10(2)14(16)8-13/h6-9,12H,5H2,1-4H3,(H,17,18). The Morgan fingerprint density at radius 3 is 2.74 bits per heavy atom. The highest BCUT2D eigenvalue weighted by Gasteiger charge is 2.14. The van der Waals surface area contributed by atoms with Crippen LogP contribution >= 0.6 is 0 Å². The van der Waals surface area contributed by atoms with E-state index in [9.17, 15) is 4.39 Å². The number of nitrogens with one attached hydrogen (secondary N) is 1. The van der Waals surface area contributed by atoms with Gasteiger partial charge in [0.2, 0.25) is 5.95 Å². The van der Waals surface area contributed by atoms with Crippen LogP contribution < -0.4 is 5.32 Å². The number of aryl methyl sites for hydroxylation is 2. The molecule has 102 valence electrons. The van der Waals surface area contributed by atoms with Crippen LogP contribution in [0.15, 0.2) is 24.4 Å². The molecule has 0 bridgehead atoms. The molecule has 0 aliphatic heterocycles. The van der Waals surface area contributed by atoms with Crippen molar-refractivity contribution in [3.63, 3.8) is 0 Å². The van der Waals surface area contributed by atoms with Crippen LogP contribution in [-0.2, 0) is 0 Å². The molecule has 1 heterocycles. The molecule has 4 heteroatoms. The Balaban J connectivity index is 2.37. The third-order valence-corrected chi connectivity index (χ3v) is 3.28. The van der Waals surface area contributed by atoms with Crippen LogP contribution in [-0.4, -0.2) is 16.1 Å². The van der Waals surface area contributed by atoms with Gasteiger partial charge in [-0.25, -0.2) is 9.37 Å². The fraction of sp³-hybridized carbons (Fsp3) is 0.400. The van der Waals surface area contributed by atoms with Gasteiger partial charge in [-0.1, -0.05) is 12.1 Å². The molecule has 19 heavy (non-hydrogen) atoms. The van der Waals surface area contributed by atoms with Crippen molar-refractivity contribution >= 4 is 5.95 Å². The quantitative estimate of drug-likeness (QED) is 0.909. The first kappa shape index (κ1) is 13.6. The van der Waals surface area contributed by atoms with Gasteiger partial charge in [0, 0.05) is 12.7 Å². The molecule has 2 aromatic rings. The normalized spacial score (nSPS) is 12.5. The van der Waals surface area contributed by atoms with Crippen LogP contribution in [0, 0.1) is 19.7 Å². The third kappa shape index (κ3) is 2.78. The van der Waals surface area contributed by atoms with E-state index in [0.717, 1.165) is 23.8 Å². The van der Waals surface area contributed by atoms with E-state index in [0.29, 0.717) is 5.56 Å². The molecule has 1 unspecified atom stereocenters. The largest absolute Gasteiger partial charge is 0.356 e. The number of imidazole rings is 1. The van der Waals surface area contributed by atoms with Gasteiger partial charge in [0.25, 0.3) is 0 Å². The van der Waals surface area contributed by atoms with Gasteiger partial charge in [0.1, 0.15) is 5.82 Å². The Morgan fingerprint density at radius 1 is 1.37 bits per heavy atom. The van der Waals surface area contributed by atoms with Crippen molar-refractivity contribution in [2.45, 2.75) is 33.7 Å². The highest BCUT2D eigenvalue weighted by Crippen LogP contribution is 2.24. The Morgan fingerprint density at radius 2 is 2.11 bits per heavy atom. The van der Waals surface area contributed by atoms with Gasteiger partial charge >= 0.3 is 0 Å². The van der Waals surface area contributed by atoms with E-state index in [1.54, 1.807) is 13.0 Å². The van der Waals surface area contributed by atoms with Crippen molar-refractivity contribution in [2.75, 3.05) is 11.9 Å². The van der Waals surface area contributed by atoms with Crippen LogP contribution in [0.2, 0.25) is 0 Å². The van der Waals surface area contributed by atoms with E-state index in [1.807, 2.05) is 43.7 Å². The number of hydrogen-bond donors (Lipinski definition) is 1. The lowest BCUT2D eigenvalue weighted by atomic mass is 10.1. The molecule has 1 atom stereocenters. The lowest BCUT2D eigenvalue weighted by Gasteiger charge is -2.17. The van der Waals surface area contributed by atoms with Crippen molar-refractivity contribution in [1.82, 2.24) is 9.55 Å². The molecule has 1 aromatic heterocycles. The van der Waals surface area contributed by atoms with Gasteiger partial charge in [-0.15, -0.1) is 0 Å². The molecule has 0 radical (unpaired) electrons. The number of halogens is 1. The maximum Gasteiger partial charge on any atom is 0.203 e. The van der Waals surface area contributed by atoms with Gasteiger partial charge < -0.3 is 9.88 Å². The van der Waals surface area contributed by atoms with Gasteiger partial charge in [-0.2, -0.15) is 0 Å². The van der Waals surface area contributed by atoms with E-state index in [4.69, 9.17) is 0 Å². The summed E-state index contributed by atoms with van der Waals surface area (Å²) in [6, 6.07) is 5.43. The predicted molar refractivity (Wildman–Crippen MR) is 76.1 cm³/mol. The minimum absolute atomic E-state index is 0.0466. The van der Waals surface area contributed by atoms with E-state index in [-0.39, 0.29) is 11.9 Å². The Kier molecular flexibility index (Phi) is 3.88. The third-order valence-electron chi connectivity index (χ3n) is 3.28. The van der Waals surface area contributed by atoms with Crippen LogP contribution in [0.1, 0.15) is 36.7 Å². The second-order valence-electron chi connectivity index (χ2n) is 4.83. The zero-order valence-corrected chi connectivity index (χ0v) is 11.9. The summed E-state index contributed by atoms with van der Waals surface area (Å²) in [5, 5.41) is 3.23. The van der Waals surface area contributed by atoms with Crippen molar-refractivity contribution in [1.29, 1.82) is 0 Å². The highest BCUT2D eigenvalue weighted by molar-refractivity contribution is 5.33. The average molecular weight is 261 g/mol. The minimum Gasteiger partial charge on any atom is -0.356 e. The highest BCUT2D eigenvalue weighted by atomic mass is 19.1. The number of benzene rings is 1. The predicted octanol–water partition coefficient (Wildman–Crippen LogP) is 3.68. The molecule has 2 rings (SSSR count). The molecule has 1 aromatic carbocycles. The number of hydrogen-bond acceptors (Lipinski definition) is 2. The minimum atomic E-state index is -0.161. The Labute approximate surface area is 113 Å². The fourth-order valence-electron chi connectivity index (χ4n) is 2.13. The molecular formula is C15H20FN3. The molecule has 0 fully saturated rings. The molecule has 3 nitrogen and oxygen atoms in total. The Hall–Kier alpha value is -1.84. The monoisotopic (exact) mass is 261 g/mol. The maximum atomic E-state index is 13.7. The second-order valence-corrected chi connectivity index (χ2v) is 4.83. The molecule has 0 aliphatic carbocycles. The first-order valence-corrected chi connectivity index (χ1v) is 6.58. The number of aromatic nitrogens is 2. The van der Waals surface area contributed by atoms with Crippen molar-refractivity contribution in [3.8, 4) is 0 Å². The van der Waals surface area contributed by atoms with Crippen molar-refractivity contribution in [3.05, 3.63) is 47.0 Å². The fourth-order valence-corrected chi connectivity index (χ4v) is 2.13. The van der Waals surface area contributed by atoms with E-state index in [1.165, 1.54) is 0 Å². The Bertz CT molecular complexity index is 575. The van der Waals surface area contributed by atoms with Crippen LogP contribution in [0.3, 0.4) is 0 Å². The molecule has 0 saturated carbocycles. The topological polar surface area (TPSA) is 29.9 Å². The summed E-state index contributed by atoms with van der Waals surface area (Å²) in [4.78, 5) is 4.45. The first-order chi connectivity index (χ1) is 9.02. The van der Waals surface area contributed by atoms with Gasteiger partial charge in [-0.3, -0.25) is 0 Å². The summed E-state index contributed by atoms with van der Waals surface area (Å²) in [6.07, 6.45) is 1.99. The summed E-state index contributed by atoms with van der Waals surface area (Å²) >= 11 is 0. The second kappa shape index (κ2) is 5.43. The number of anilines is 1. The van der Waals surface area contributed by atoms with Crippen LogP contribution in [0.25, 0.3) is 0 Å². The zero-order chi connectivity index (χ0) is 14.0. The van der Waals surface area contributed by atoms with Gasteiger partial charge in [0.05, 0.1) is 11.7 Å². The smallest absolute Gasteiger partial charge is 0.203 e. The number of rotatable bonds is 4. The summed E-state index contributed by atoms with van der Waals surface area (Å²) < 4.78 is 15.7. The summed E-state index contributed by atoms with van der Waals surface area (Å²) in [7, 11) is 0. The van der Waals surface area contributed by atoms with E-state index < -0.39 is 0 Å². The lowest BCUT2D eigenvalue weighted by Crippen LogP contribution is -2.11. The number of nitrogens with zero attached hydrogens (tertiary/aromatic N) is 2. The van der Waals surface area contributed by atoms with E-state index >= 15 is 0 Å². The molecule has 1 N–H and O–H groups in total. The van der Waals surface area contributed by atoms with Crippen molar-refractivity contribution in [2.24, 2.45) is 0 Å². The molecular weight excluding hydrogens is 241 g/mol. The molecule has 0 amide bonds. The summed E-state index contributed by atoms with van der Waals surface area (Å²) in [6.45, 7) is 8.62. The van der Waals surface area contributed by atoms with E-state index in [2.05, 4.69) is 10.3 Å². The SMILES string of the molecule is CCNc1nc(C)cn1C(C)c1ccc(C)c(F)c1. The van der Waals surface area contributed by atoms with Crippen molar-refractivity contribution < 1.29 is 4.39 Å². The molecule has 0 saturated heterocycles. The summed E-state index contributed by atoms with van der Waals surface area (Å²) in [5.41, 5.74) is 2.57. The molecule has 0 aliphatic rings.